The zero-order valence-electron chi connectivity index (χ0n) is 8.81. The number of aromatic nitrogens is 4. The molecule has 3 rings (SSSR count). The first-order valence-electron chi connectivity index (χ1n) is 5.01. The maximum absolute atomic E-state index is 5.70. The van der Waals surface area contributed by atoms with Gasteiger partial charge in [0.05, 0.1) is 11.0 Å². The van der Waals surface area contributed by atoms with Crippen LogP contribution in [0.5, 0.6) is 0 Å². The van der Waals surface area contributed by atoms with Crippen molar-refractivity contribution >= 4 is 16.9 Å². The molecular weight excluding hydrogens is 202 g/mol. The lowest BCUT2D eigenvalue weighted by Crippen LogP contribution is -1.97. The monoisotopic (exact) mass is 213 g/mol. The Labute approximate surface area is 91.9 Å². The topological polar surface area (TPSA) is 72.5 Å². The van der Waals surface area contributed by atoms with Gasteiger partial charge in [0, 0.05) is 11.8 Å². The number of nitrogens with one attached hydrogen (secondary N) is 1. The van der Waals surface area contributed by atoms with E-state index in [0.717, 1.165) is 16.6 Å². The molecule has 3 N–H and O–H groups in total. The first kappa shape index (κ1) is 8.96. The average Bonchev–Trinajstić information content (AvgIpc) is 2.83. The van der Waals surface area contributed by atoms with Crippen LogP contribution in [-0.2, 0) is 0 Å². The number of aromatic amines is 1. The Hall–Kier alpha value is -2.30. The van der Waals surface area contributed by atoms with Crippen molar-refractivity contribution in [1.82, 2.24) is 19.7 Å². The molecule has 0 aliphatic rings. The summed E-state index contributed by atoms with van der Waals surface area (Å²) in [6, 6.07) is 7.85. The Morgan fingerprint density at radius 1 is 1.31 bits per heavy atom. The van der Waals surface area contributed by atoms with Gasteiger partial charge in [0.15, 0.2) is 0 Å². The normalized spacial score (nSPS) is 11.1. The lowest BCUT2D eigenvalue weighted by molar-refractivity contribution is 0.833. The van der Waals surface area contributed by atoms with Gasteiger partial charge in [-0.2, -0.15) is 0 Å². The smallest absolute Gasteiger partial charge is 0.229 e. The van der Waals surface area contributed by atoms with Gasteiger partial charge in [0.25, 0.3) is 0 Å². The second-order valence-corrected chi connectivity index (χ2v) is 3.72. The lowest BCUT2D eigenvalue weighted by Gasteiger charge is -1.92. The number of nitrogen functional groups attached to an aromatic ring is 1. The third-order valence-electron chi connectivity index (χ3n) is 2.53. The van der Waals surface area contributed by atoms with Crippen LogP contribution in [0, 0.1) is 6.92 Å². The molecule has 0 fully saturated rings. The molecular formula is C11H11N5. The van der Waals surface area contributed by atoms with Crippen LogP contribution >= 0.6 is 0 Å². The van der Waals surface area contributed by atoms with Crippen molar-refractivity contribution in [3.8, 4) is 5.95 Å². The van der Waals surface area contributed by atoms with Crippen LogP contribution in [0.2, 0.25) is 0 Å². The Bertz CT molecular complexity index is 597. The molecule has 0 radical (unpaired) electrons. The molecule has 0 aliphatic carbocycles. The minimum atomic E-state index is 0.528. The molecule has 0 aliphatic heterocycles. The number of nitrogens with zero attached hydrogens (tertiary/aromatic N) is 3. The summed E-state index contributed by atoms with van der Waals surface area (Å²) in [5.74, 6) is 1.21. The van der Waals surface area contributed by atoms with E-state index in [4.69, 9.17) is 5.73 Å². The Morgan fingerprint density at radius 2 is 2.12 bits per heavy atom. The van der Waals surface area contributed by atoms with E-state index in [-0.39, 0.29) is 0 Å². The van der Waals surface area contributed by atoms with E-state index in [1.54, 1.807) is 4.68 Å². The highest BCUT2D eigenvalue weighted by molar-refractivity contribution is 5.75. The zero-order valence-corrected chi connectivity index (χ0v) is 8.81. The number of fused-ring (bicyclic) bond motifs is 1. The Kier molecular flexibility index (Phi) is 1.73. The quantitative estimate of drug-likeness (QED) is 0.645. The van der Waals surface area contributed by atoms with Gasteiger partial charge in [-0.15, -0.1) is 5.10 Å². The van der Waals surface area contributed by atoms with Crippen molar-refractivity contribution in [2.45, 2.75) is 6.92 Å². The van der Waals surface area contributed by atoms with Gasteiger partial charge < -0.3 is 10.7 Å². The summed E-state index contributed by atoms with van der Waals surface area (Å²) in [6.07, 6.45) is 1.85. The van der Waals surface area contributed by atoms with Gasteiger partial charge in [-0.25, -0.2) is 9.67 Å². The van der Waals surface area contributed by atoms with Crippen molar-refractivity contribution < 1.29 is 0 Å². The van der Waals surface area contributed by atoms with E-state index in [2.05, 4.69) is 15.1 Å². The molecule has 16 heavy (non-hydrogen) atoms. The summed E-state index contributed by atoms with van der Waals surface area (Å²) >= 11 is 0. The van der Waals surface area contributed by atoms with Crippen molar-refractivity contribution in [2.75, 3.05) is 5.73 Å². The number of H-pyrrole nitrogens is 1. The molecule has 0 spiro atoms. The fourth-order valence-electron chi connectivity index (χ4n) is 1.63. The van der Waals surface area contributed by atoms with Crippen LogP contribution in [0.1, 0.15) is 5.56 Å². The molecule has 3 aromatic rings. The number of aryl methyl sites for hydroxylation is 1. The number of nitrogens with two attached hydrogens (primary N) is 1. The summed E-state index contributed by atoms with van der Waals surface area (Å²) in [4.78, 5) is 7.61. The van der Waals surface area contributed by atoms with Gasteiger partial charge in [0.1, 0.15) is 5.82 Å². The first-order chi connectivity index (χ1) is 7.74. The Morgan fingerprint density at radius 3 is 2.81 bits per heavy atom. The summed E-state index contributed by atoms with van der Waals surface area (Å²) in [5, 5.41) is 4.18. The highest BCUT2D eigenvalue weighted by Crippen LogP contribution is 2.15. The molecule has 0 unspecified atom stereocenters. The molecule has 0 atom stereocenters. The van der Waals surface area contributed by atoms with E-state index in [1.807, 2.05) is 37.4 Å². The van der Waals surface area contributed by atoms with Crippen LogP contribution in [-0.4, -0.2) is 19.7 Å². The summed E-state index contributed by atoms with van der Waals surface area (Å²) in [5.41, 5.74) is 8.55. The molecule has 0 amide bonds. The zero-order chi connectivity index (χ0) is 11.1. The van der Waals surface area contributed by atoms with E-state index in [1.165, 1.54) is 0 Å². The predicted octanol–water partition coefficient (Wildman–Crippen LogP) is 1.64. The largest absolute Gasteiger partial charge is 0.382 e. The molecule has 0 bridgehead atoms. The minimum absolute atomic E-state index is 0.528. The van der Waals surface area contributed by atoms with E-state index in [0.29, 0.717) is 11.8 Å². The number of para-hydroxylation sites is 2. The first-order valence-corrected chi connectivity index (χ1v) is 5.01. The minimum Gasteiger partial charge on any atom is -0.382 e. The van der Waals surface area contributed by atoms with Gasteiger partial charge in [-0.1, -0.05) is 12.1 Å². The van der Waals surface area contributed by atoms with Gasteiger partial charge in [-0.3, -0.25) is 0 Å². The molecule has 80 valence electrons. The van der Waals surface area contributed by atoms with Crippen LogP contribution in [0.4, 0.5) is 5.82 Å². The van der Waals surface area contributed by atoms with Gasteiger partial charge in [0.2, 0.25) is 5.95 Å². The van der Waals surface area contributed by atoms with Crippen LogP contribution in [0.15, 0.2) is 30.5 Å². The molecule has 1 aromatic carbocycles. The molecule has 5 heteroatoms. The number of anilines is 1. The number of benzene rings is 1. The maximum Gasteiger partial charge on any atom is 0.229 e. The molecule has 2 aromatic heterocycles. The second-order valence-electron chi connectivity index (χ2n) is 3.72. The summed E-state index contributed by atoms with van der Waals surface area (Å²) < 4.78 is 1.66. The number of hydrogen-bond donors (Lipinski definition) is 2. The fourth-order valence-corrected chi connectivity index (χ4v) is 1.63. The van der Waals surface area contributed by atoms with Crippen LogP contribution in [0.25, 0.3) is 17.0 Å². The number of hydrogen-bond acceptors (Lipinski definition) is 3. The SMILES string of the molecule is Cc1cn(-c2nc3ccccc3[nH]2)nc1N. The number of imidazole rings is 1. The molecule has 0 saturated heterocycles. The highest BCUT2D eigenvalue weighted by atomic mass is 15.4. The van der Waals surface area contributed by atoms with Gasteiger partial charge >= 0.3 is 0 Å². The third kappa shape index (κ3) is 1.25. The van der Waals surface area contributed by atoms with Crippen LogP contribution in [0.3, 0.4) is 0 Å². The van der Waals surface area contributed by atoms with E-state index in [9.17, 15) is 0 Å². The molecule has 2 heterocycles. The Balaban J connectivity index is 2.18. The van der Waals surface area contributed by atoms with Crippen molar-refractivity contribution in [3.05, 3.63) is 36.0 Å². The lowest BCUT2D eigenvalue weighted by atomic mass is 10.3. The van der Waals surface area contributed by atoms with Crippen molar-refractivity contribution in [3.63, 3.8) is 0 Å². The van der Waals surface area contributed by atoms with E-state index < -0.39 is 0 Å². The average molecular weight is 213 g/mol. The summed E-state index contributed by atoms with van der Waals surface area (Å²) in [7, 11) is 0. The fraction of sp³-hybridized carbons (Fsp3) is 0.0909. The van der Waals surface area contributed by atoms with Crippen molar-refractivity contribution in [1.29, 1.82) is 0 Å². The number of rotatable bonds is 1. The van der Waals surface area contributed by atoms with Crippen LogP contribution < -0.4 is 5.73 Å². The third-order valence-corrected chi connectivity index (χ3v) is 2.53. The highest BCUT2D eigenvalue weighted by Gasteiger charge is 2.07. The van der Waals surface area contributed by atoms with Gasteiger partial charge in [-0.05, 0) is 19.1 Å². The predicted molar refractivity (Wildman–Crippen MR) is 62.4 cm³/mol. The van der Waals surface area contributed by atoms with E-state index >= 15 is 0 Å². The molecule has 5 nitrogen and oxygen atoms in total. The maximum atomic E-state index is 5.70. The second kappa shape index (κ2) is 3.10. The molecule has 0 saturated carbocycles. The summed E-state index contributed by atoms with van der Waals surface area (Å²) in [6.45, 7) is 1.92. The van der Waals surface area contributed by atoms with Crippen molar-refractivity contribution in [2.24, 2.45) is 0 Å². The standard InChI is InChI=1S/C11H11N5/c1-7-6-16(15-10(7)12)11-13-8-4-2-3-5-9(8)14-11/h2-6H,1H3,(H2,12,15)(H,13,14).